The number of likely N-dealkylation sites (tertiary alicyclic amines) is 1. The van der Waals surface area contributed by atoms with E-state index in [-0.39, 0.29) is 12.0 Å². The number of nitrogens with zero attached hydrogens (tertiary/aromatic N) is 1. The maximum Gasteiger partial charge on any atom is 0.251 e. The van der Waals surface area contributed by atoms with Gasteiger partial charge in [0, 0.05) is 19.7 Å². The van der Waals surface area contributed by atoms with Gasteiger partial charge in [-0.2, -0.15) is 0 Å². The van der Waals surface area contributed by atoms with Gasteiger partial charge < -0.3 is 14.7 Å². The van der Waals surface area contributed by atoms with Gasteiger partial charge in [0.2, 0.25) is 0 Å². The Hall–Kier alpha value is -0.610. The van der Waals surface area contributed by atoms with Crippen molar-refractivity contribution < 1.29 is 14.6 Å². The SMILES string of the molecule is CC1(O)CCCN(C(=O)[C@@H]2CCCO2)CC1. The molecular weight excluding hydrogens is 206 g/mol. The summed E-state index contributed by atoms with van der Waals surface area (Å²) >= 11 is 0. The molecule has 0 aromatic rings. The van der Waals surface area contributed by atoms with Crippen molar-refractivity contribution in [3.63, 3.8) is 0 Å². The fourth-order valence-electron chi connectivity index (χ4n) is 2.46. The minimum absolute atomic E-state index is 0.121. The Bertz CT molecular complexity index is 259. The molecule has 0 spiro atoms. The summed E-state index contributed by atoms with van der Waals surface area (Å²) in [6.07, 6.45) is 3.95. The lowest BCUT2D eigenvalue weighted by atomic mass is 9.98. The van der Waals surface area contributed by atoms with Crippen LogP contribution in [0.25, 0.3) is 0 Å². The minimum atomic E-state index is -0.606. The number of aliphatic hydroxyl groups is 1. The van der Waals surface area contributed by atoms with Gasteiger partial charge in [0.15, 0.2) is 0 Å². The second-order valence-corrected chi connectivity index (χ2v) is 5.18. The zero-order valence-electron chi connectivity index (χ0n) is 9.95. The van der Waals surface area contributed by atoms with Gasteiger partial charge in [-0.15, -0.1) is 0 Å². The smallest absolute Gasteiger partial charge is 0.251 e. The Morgan fingerprint density at radius 1 is 1.38 bits per heavy atom. The van der Waals surface area contributed by atoms with E-state index in [1.807, 2.05) is 11.8 Å². The lowest BCUT2D eigenvalue weighted by molar-refractivity contribution is -0.141. The Kier molecular flexibility index (Phi) is 3.50. The van der Waals surface area contributed by atoms with E-state index in [1.54, 1.807) is 0 Å². The second-order valence-electron chi connectivity index (χ2n) is 5.18. The van der Waals surface area contributed by atoms with E-state index < -0.39 is 5.60 Å². The lowest BCUT2D eigenvalue weighted by Crippen LogP contribution is -2.40. The van der Waals surface area contributed by atoms with Crippen molar-refractivity contribution in [2.75, 3.05) is 19.7 Å². The Morgan fingerprint density at radius 3 is 2.88 bits per heavy atom. The predicted octanol–water partition coefficient (Wildman–Crippen LogP) is 0.929. The first-order valence-electron chi connectivity index (χ1n) is 6.21. The number of hydrogen-bond acceptors (Lipinski definition) is 3. The molecule has 16 heavy (non-hydrogen) atoms. The van der Waals surface area contributed by atoms with Crippen molar-refractivity contribution in [1.82, 2.24) is 4.90 Å². The molecule has 4 heteroatoms. The summed E-state index contributed by atoms with van der Waals surface area (Å²) < 4.78 is 5.41. The first-order valence-corrected chi connectivity index (χ1v) is 6.21. The molecule has 1 amide bonds. The maximum absolute atomic E-state index is 12.1. The topological polar surface area (TPSA) is 49.8 Å². The normalized spacial score (nSPS) is 36.1. The highest BCUT2D eigenvalue weighted by Gasteiger charge is 2.32. The van der Waals surface area contributed by atoms with Crippen LogP contribution in [0.3, 0.4) is 0 Å². The minimum Gasteiger partial charge on any atom is -0.390 e. The van der Waals surface area contributed by atoms with Crippen LogP contribution in [0.4, 0.5) is 0 Å². The van der Waals surface area contributed by atoms with Gasteiger partial charge in [0.25, 0.3) is 5.91 Å². The average Bonchev–Trinajstić information content (AvgIpc) is 2.69. The number of ether oxygens (including phenoxy) is 1. The van der Waals surface area contributed by atoms with Gasteiger partial charge in [-0.05, 0) is 39.0 Å². The molecule has 2 aliphatic rings. The fraction of sp³-hybridized carbons (Fsp3) is 0.917. The van der Waals surface area contributed by atoms with Crippen molar-refractivity contribution in [2.45, 2.75) is 50.7 Å². The van der Waals surface area contributed by atoms with Gasteiger partial charge >= 0.3 is 0 Å². The largest absolute Gasteiger partial charge is 0.390 e. The monoisotopic (exact) mass is 227 g/mol. The van der Waals surface area contributed by atoms with Crippen molar-refractivity contribution >= 4 is 5.91 Å². The molecule has 2 aliphatic heterocycles. The lowest BCUT2D eigenvalue weighted by Gasteiger charge is -2.24. The maximum atomic E-state index is 12.1. The molecule has 4 nitrogen and oxygen atoms in total. The van der Waals surface area contributed by atoms with Gasteiger partial charge in [-0.25, -0.2) is 0 Å². The van der Waals surface area contributed by atoms with E-state index in [2.05, 4.69) is 0 Å². The highest BCUT2D eigenvalue weighted by atomic mass is 16.5. The zero-order chi connectivity index (χ0) is 11.6. The van der Waals surface area contributed by atoms with E-state index >= 15 is 0 Å². The zero-order valence-corrected chi connectivity index (χ0v) is 9.95. The van der Waals surface area contributed by atoms with Crippen LogP contribution < -0.4 is 0 Å². The third-order valence-corrected chi connectivity index (χ3v) is 3.58. The molecule has 2 saturated heterocycles. The van der Waals surface area contributed by atoms with Crippen molar-refractivity contribution in [2.24, 2.45) is 0 Å². The average molecular weight is 227 g/mol. The van der Waals surface area contributed by atoms with Crippen molar-refractivity contribution in [3.05, 3.63) is 0 Å². The van der Waals surface area contributed by atoms with Crippen LogP contribution in [0.1, 0.15) is 39.0 Å². The van der Waals surface area contributed by atoms with Crippen LogP contribution >= 0.6 is 0 Å². The molecule has 2 rings (SSSR count). The third-order valence-electron chi connectivity index (χ3n) is 3.58. The molecule has 2 heterocycles. The molecule has 0 aromatic heterocycles. The number of hydrogen-bond donors (Lipinski definition) is 1. The summed E-state index contributed by atoms with van der Waals surface area (Å²) in [6, 6.07) is 0. The van der Waals surface area contributed by atoms with Crippen LogP contribution in [0.15, 0.2) is 0 Å². The molecule has 2 fully saturated rings. The molecule has 0 bridgehead atoms. The van der Waals surface area contributed by atoms with E-state index in [9.17, 15) is 9.90 Å². The fourth-order valence-corrected chi connectivity index (χ4v) is 2.46. The summed E-state index contributed by atoms with van der Waals surface area (Å²) in [5.41, 5.74) is -0.606. The van der Waals surface area contributed by atoms with Gasteiger partial charge in [-0.1, -0.05) is 0 Å². The summed E-state index contributed by atoms with van der Waals surface area (Å²) in [5, 5.41) is 9.95. The van der Waals surface area contributed by atoms with E-state index in [0.29, 0.717) is 19.6 Å². The first kappa shape index (κ1) is 11.9. The summed E-state index contributed by atoms with van der Waals surface area (Å²) in [4.78, 5) is 13.9. The molecule has 92 valence electrons. The van der Waals surface area contributed by atoms with Crippen LogP contribution in [0.2, 0.25) is 0 Å². The first-order chi connectivity index (χ1) is 7.58. The standard InChI is InChI=1S/C12H21NO3/c1-12(15)5-3-7-13(8-6-12)11(14)10-4-2-9-16-10/h10,15H,2-9H2,1H3/t10-,12?/m0/s1. The molecule has 0 aliphatic carbocycles. The highest BCUT2D eigenvalue weighted by Crippen LogP contribution is 2.23. The second kappa shape index (κ2) is 4.72. The highest BCUT2D eigenvalue weighted by molar-refractivity contribution is 5.81. The Morgan fingerprint density at radius 2 is 2.19 bits per heavy atom. The number of amides is 1. The molecule has 0 aromatic carbocycles. The van der Waals surface area contributed by atoms with Crippen LogP contribution in [0, 0.1) is 0 Å². The summed E-state index contributed by atoms with van der Waals surface area (Å²) in [5.74, 6) is 0.121. The summed E-state index contributed by atoms with van der Waals surface area (Å²) in [6.45, 7) is 3.98. The van der Waals surface area contributed by atoms with Crippen LogP contribution in [0.5, 0.6) is 0 Å². The molecular formula is C12H21NO3. The van der Waals surface area contributed by atoms with E-state index in [4.69, 9.17) is 4.74 Å². The molecule has 0 radical (unpaired) electrons. The quantitative estimate of drug-likeness (QED) is 0.725. The summed E-state index contributed by atoms with van der Waals surface area (Å²) in [7, 11) is 0. The molecule has 1 unspecified atom stereocenters. The van der Waals surface area contributed by atoms with E-state index in [1.165, 1.54) is 0 Å². The van der Waals surface area contributed by atoms with Crippen LogP contribution in [-0.4, -0.2) is 47.3 Å². The number of carbonyl (C=O) groups excluding carboxylic acids is 1. The Balaban J connectivity index is 1.91. The number of carbonyl (C=O) groups is 1. The van der Waals surface area contributed by atoms with Crippen molar-refractivity contribution in [3.8, 4) is 0 Å². The third kappa shape index (κ3) is 2.74. The predicted molar refractivity (Wildman–Crippen MR) is 60.0 cm³/mol. The van der Waals surface area contributed by atoms with Crippen LogP contribution in [-0.2, 0) is 9.53 Å². The molecule has 2 atom stereocenters. The van der Waals surface area contributed by atoms with Crippen molar-refractivity contribution in [1.29, 1.82) is 0 Å². The van der Waals surface area contributed by atoms with Gasteiger partial charge in [-0.3, -0.25) is 4.79 Å². The number of rotatable bonds is 1. The van der Waals surface area contributed by atoms with E-state index in [0.717, 1.165) is 32.2 Å². The Labute approximate surface area is 96.6 Å². The molecule has 1 N–H and O–H groups in total. The van der Waals surface area contributed by atoms with Gasteiger partial charge in [0.1, 0.15) is 6.10 Å². The molecule has 0 saturated carbocycles. The van der Waals surface area contributed by atoms with Gasteiger partial charge in [0.05, 0.1) is 5.60 Å².